The van der Waals surface area contributed by atoms with Gasteiger partial charge in [0.05, 0.1) is 0 Å². The van der Waals surface area contributed by atoms with Gasteiger partial charge in [-0.05, 0) is 0 Å². The fourth-order valence-corrected chi connectivity index (χ4v) is 2.90. The molecule has 84 valence electrons. The first-order chi connectivity index (χ1) is 7.27. The van der Waals surface area contributed by atoms with Crippen LogP contribution in [0.3, 0.4) is 0 Å². The lowest BCUT2D eigenvalue weighted by Gasteiger charge is -2.27. The summed E-state index contributed by atoms with van der Waals surface area (Å²) < 4.78 is 0. The van der Waals surface area contributed by atoms with Crippen LogP contribution in [0.5, 0.6) is 0 Å². The van der Waals surface area contributed by atoms with E-state index in [1.54, 1.807) is 4.90 Å². The smallest absolute Gasteiger partial charge is 0.290 e. The van der Waals surface area contributed by atoms with Gasteiger partial charge in [-0.15, -0.1) is 0 Å². The number of Topliss-reactive ketones (excluding diaryl/α,β-unsaturated/α-hetero) is 1. The average Bonchev–Trinajstić information content (AvgIpc) is 2.59. The van der Waals surface area contributed by atoms with Gasteiger partial charge in [0.15, 0.2) is 0 Å². The molecule has 0 aromatic rings. The largest absolute Gasteiger partial charge is 0.334 e. The van der Waals surface area contributed by atoms with E-state index in [0.717, 1.165) is 26.2 Å². The highest BCUT2D eigenvalue weighted by Gasteiger charge is 2.28. The summed E-state index contributed by atoms with van der Waals surface area (Å²) in [6, 6.07) is 0. The lowest BCUT2D eigenvalue weighted by Crippen LogP contribution is -2.40. The lowest BCUT2D eigenvalue weighted by molar-refractivity contribution is -0.140. The van der Waals surface area contributed by atoms with Gasteiger partial charge in [0.25, 0.3) is 5.91 Å². The van der Waals surface area contributed by atoms with Crippen molar-refractivity contribution < 1.29 is 9.59 Å². The molecule has 2 aliphatic rings. The van der Waals surface area contributed by atoms with E-state index in [1.165, 1.54) is 11.5 Å². The number of ketones is 1. The van der Waals surface area contributed by atoms with Crippen LogP contribution in [-0.2, 0) is 9.59 Å². The second-order valence-corrected chi connectivity index (χ2v) is 5.14. The molecule has 0 aromatic carbocycles. The Kier molecular flexibility index (Phi) is 3.64. The second-order valence-electron chi connectivity index (χ2n) is 3.92. The highest BCUT2D eigenvalue weighted by Crippen LogP contribution is 2.10. The summed E-state index contributed by atoms with van der Waals surface area (Å²) in [7, 11) is 0. The molecule has 0 aliphatic carbocycles. The summed E-state index contributed by atoms with van der Waals surface area (Å²) in [5, 5.41) is 0. The molecule has 0 N–H and O–H groups in total. The van der Waals surface area contributed by atoms with Crippen molar-refractivity contribution >= 4 is 23.5 Å². The number of thioether (sulfide) groups is 1. The SMILES string of the molecule is O=C1CCN(CCN2CCSCC2)C1=O. The molecule has 2 aliphatic heterocycles. The Morgan fingerprint density at radius 2 is 1.80 bits per heavy atom. The fourth-order valence-electron chi connectivity index (χ4n) is 1.92. The van der Waals surface area contributed by atoms with Gasteiger partial charge in [0, 0.05) is 50.7 Å². The molecule has 1 amide bonds. The Labute approximate surface area is 94.0 Å². The van der Waals surface area contributed by atoms with Gasteiger partial charge in [-0.3, -0.25) is 14.5 Å². The molecular weight excluding hydrogens is 212 g/mol. The summed E-state index contributed by atoms with van der Waals surface area (Å²) in [5.74, 6) is 1.88. The van der Waals surface area contributed by atoms with Gasteiger partial charge in [-0.1, -0.05) is 0 Å². The predicted molar refractivity (Wildman–Crippen MR) is 60.0 cm³/mol. The van der Waals surface area contributed by atoms with Crippen molar-refractivity contribution in [3.8, 4) is 0 Å². The number of rotatable bonds is 3. The topological polar surface area (TPSA) is 40.6 Å². The van der Waals surface area contributed by atoms with Crippen LogP contribution >= 0.6 is 11.8 Å². The van der Waals surface area contributed by atoms with Crippen LogP contribution in [-0.4, -0.2) is 65.7 Å². The predicted octanol–water partition coefficient (Wildman–Crippen LogP) is -0.163. The first-order valence-corrected chi connectivity index (χ1v) is 6.55. The summed E-state index contributed by atoms with van der Waals surface area (Å²) in [6.45, 7) is 4.48. The zero-order chi connectivity index (χ0) is 10.7. The molecule has 0 bridgehead atoms. The maximum absolute atomic E-state index is 11.3. The molecule has 0 radical (unpaired) electrons. The monoisotopic (exact) mass is 228 g/mol. The fraction of sp³-hybridized carbons (Fsp3) is 0.800. The quantitative estimate of drug-likeness (QED) is 0.629. The number of carbonyl (C=O) groups is 2. The van der Waals surface area contributed by atoms with E-state index in [9.17, 15) is 9.59 Å². The first-order valence-electron chi connectivity index (χ1n) is 5.39. The third kappa shape index (κ3) is 2.72. The van der Waals surface area contributed by atoms with Crippen LogP contribution in [0.1, 0.15) is 6.42 Å². The van der Waals surface area contributed by atoms with E-state index < -0.39 is 0 Å². The molecule has 2 rings (SSSR count). The van der Waals surface area contributed by atoms with E-state index >= 15 is 0 Å². The van der Waals surface area contributed by atoms with Crippen LogP contribution in [0.2, 0.25) is 0 Å². The van der Waals surface area contributed by atoms with Crippen molar-refractivity contribution in [2.45, 2.75) is 6.42 Å². The number of nitrogens with zero attached hydrogens (tertiary/aromatic N) is 2. The molecule has 2 saturated heterocycles. The molecule has 5 heteroatoms. The van der Waals surface area contributed by atoms with Crippen LogP contribution in [0.15, 0.2) is 0 Å². The minimum Gasteiger partial charge on any atom is -0.334 e. The molecular formula is C10H16N2O2S. The summed E-state index contributed by atoms with van der Waals surface area (Å²) >= 11 is 1.98. The third-order valence-electron chi connectivity index (χ3n) is 2.92. The van der Waals surface area contributed by atoms with E-state index in [-0.39, 0.29) is 11.7 Å². The Balaban J connectivity index is 1.73. The molecule has 4 nitrogen and oxygen atoms in total. The van der Waals surface area contributed by atoms with Crippen molar-refractivity contribution in [1.82, 2.24) is 9.80 Å². The maximum atomic E-state index is 11.3. The molecule has 0 spiro atoms. The molecule has 0 unspecified atom stereocenters. The van der Waals surface area contributed by atoms with Crippen molar-refractivity contribution in [1.29, 1.82) is 0 Å². The van der Waals surface area contributed by atoms with Crippen molar-refractivity contribution in [2.75, 3.05) is 44.2 Å². The van der Waals surface area contributed by atoms with Gasteiger partial charge in [-0.2, -0.15) is 11.8 Å². The number of hydrogen-bond donors (Lipinski definition) is 0. The molecule has 2 fully saturated rings. The van der Waals surface area contributed by atoms with E-state index in [2.05, 4.69) is 4.90 Å². The van der Waals surface area contributed by atoms with Gasteiger partial charge in [0.1, 0.15) is 0 Å². The van der Waals surface area contributed by atoms with Crippen LogP contribution in [0.4, 0.5) is 0 Å². The van der Waals surface area contributed by atoms with Gasteiger partial charge in [0.2, 0.25) is 5.78 Å². The Morgan fingerprint density at radius 3 is 2.40 bits per heavy atom. The van der Waals surface area contributed by atoms with Crippen LogP contribution in [0, 0.1) is 0 Å². The summed E-state index contributed by atoms with van der Waals surface area (Å²) in [4.78, 5) is 26.4. The van der Waals surface area contributed by atoms with Crippen LogP contribution in [0.25, 0.3) is 0 Å². The molecule has 0 atom stereocenters. The van der Waals surface area contributed by atoms with E-state index in [4.69, 9.17) is 0 Å². The molecule has 0 aromatic heterocycles. The normalized spacial score (nSPS) is 23.9. The van der Waals surface area contributed by atoms with Gasteiger partial charge < -0.3 is 4.90 Å². The number of amides is 1. The van der Waals surface area contributed by atoms with E-state index in [1.807, 2.05) is 11.8 Å². The number of hydrogen-bond acceptors (Lipinski definition) is 4. The molecule has 15 heavy (non-hydrogen) atoms. The highest BCUT2D eigenvalue weighted by atomic mass is 32.2. The third-order valence-corrected chi connectivity index (χ3v) is 3.87. The van der Waals surface area contributed by atoms with Gasteiger partial charge in [-0.25, -0.2) is 0 Å². The number of likely N-dealkylation sites (tertiary alicyclic amines) is 1. The Morgan fingerprint density at radius 1 is 1.07 bits per heavy atom. The second kappa shape index (κ2) is 4.99. The highest BCUT2D eigenvalue weighted by molar-refractivity contribution is 7.99. The Bertz CT molecular complexity index is 264. The average molecular weight is 228 g/mol. The Hall–Kier alpha value is -0.550. The molecule has 2 heterocycles. The minimum atomic E-state index is -0.276. The first kappa shape index (κ1) is 11.0. The summed E-state index contributed by atoms with van der Waals surface area (Å²) in [6.07, 6.45) is 0.411. The summed E-state index contributed by atoms with van der Waals surface area (Å²) in [5.41, 5.74) is 0. The standard InChI is InChI=1S/C10H16N2O2S/c13-9-1-2-12(10(9)14)4-3-11-5-7-15-8-6-11/h1-8H2. The van der Waals surface area contributed by atoms with E-state index in [0.29, 0.717) is 13.0 Å². The van der Waals surface area contributed by atoms with Crippen LogP contribution < -0.4 is 0 Å². The van der Waals surface area contributed by atoms with Crippen molar-refractivity contribution in [3.63, 3.8) is 0 Å². The van der Waals surface area contributed by atoms with Gasteiger partial charge >= 0.3 is 0 Å². The minimum absolute atomic E-state index is 0.218. The maximum Gasteiger partial charge on any atom is 0.290 e. The number of carbonyl (C=O) groups excluding carboxylic acids is 2. The lowest BCUT2D eigenvalue weighted by atomic mass is 10.3. The molecule has 0 saturated carbocycles. The zero-order valence-corrected chi connectivity index (χ0v) is 9.59. The zero-order valence-electron chi connectivity index (χ0n) is 8.78. The van der Waals surface area contributed by atoms with Crippen molar-refractivity contribution in [2.24, 2.45) is 0 Å². The van der Waals surface area contributed by atoms with Crippen molar-refractivity contribution in [3.05, 3.63) is 0 Å².